The molecule has 2 aromatic carbocycles. The van der Waals surface area contributed by atoms with Gasteiger partial charge in [-0.15, -0.1) is 0 Å². The molecule has 1 N–H and O–H groups in total. The minimum atomic E-state index is -0.773. The summed E-state index contributed by atoms with van der Waals surface area (Å²) in [7, 11) is 1.51. The second kappa shape index (κ2) is 8.41. The number of amides is 4. The Morgan fingerprint density at radius 1 is 0.967 bits per heavy atom. The lowest BCUT2D eigenvalue weighted by molar-refractivity contribution is -0.122. The number of methoxy groups -OCH3 is 1. The van der Waals surface area contributed by atoms with Crippen molar-refractivity contribution in [3.8, 4) is 11.5 Å². The number of carbonyl (C=O) groups is 3. The first kappa shape index (κ1) is 21.1. The van der Waals surface area contributed by atoms with E-state index in [1.54, 1.807) is 30.3 Å². The van der Waals surface area contributed by atoms with Crippen LogP contribution in [0.25, 0.3) is 6.08 Å². The van der Waals surface area contributed by atoms with E-state index < -0.39 is 17.8 Å². The molecule has 156 valence electrons. The van der Waals surface area contributed by atoms with Gasteiger partial charge in [0.1, 0.15) is 5.57 Å². The van der Waals surface area contributed by atoms with Gasteiger partial charge in [0.2, 0.25) is 0 Å². The number of imide groups is 2. The summed E-state index contributed by atoms with van der Waals surface area (Å²) in [5.41, 5.74) is 2.63. The Morgan fingerprint density at radius 2 is 1.63 bits per heavy atom. The maximum atomic E-state index is 13.1. The van der Waals surface area contributed by atoms with E-state index in [0.717, 1.165) is 16.0 Å². The first-order valence-electron chi connectivity index (χ1n) is 9.54. The molecule has 7 heteroatoms. The van der Waals surface area contributed by atoms with Crippen molar-refractivity contribution < 1.29 is 23.9 Å². The highest BCUT2D eigenvalue weighted by molar-refractivity contribution is 6.39. The number of benzene rings is 2. The van der Waals surface area contributed by atoms with Gasteiger partial charge >= 0.3 is 6.03 Å². The second-order valence-corrected chi connectivity index (χ2v) is 7.38. The summed E-state index contributed by atoms with van der Waals surface area (Å²) < 4.78 is 11.0. The quantitative estimate of drug-likeness (QED) is 0.601. The Balaban J connectivity index is 2.00. The van der Waals surface area contributed by atoms with Crippen LogP contribution in [0, 0.1) is 13.8 Å². The molecule has 0 unspecified atom stereocenters. The summed E-state index contributed by atoms with van der Waals surface area (Å²) in [6.07, 6.45) is 1.40. The van der Waals surface area contributed by atoms with Crippen LogP contribution in [0.4, 0.5) is 10.5 Å². The van der Waals surface area contributed by atoms with E-state index in [4.69, 9.17) is 9.47 Å². The van der Waals surface area contributed by atoms with Crippen molar-refractivity contribution in [2.24, 2.45) is 0 Å². The van der Waals surface area contributed by atoms with Crippen LogP contribution in [0.5, 0.6) is 11.5 Å². The Hall–Kier alpha value is -3.61. The Bertz CT molecular complexity index is 1040. The van der Waals surface area contributed by atoms with Crippen LogP contribution in [0.2, 0.25) is 0 Å². The lowest BCUT2D eigenvalue weighted by Crippen LogP contribution is -2.54. The minimum Gasteiger partial charge on any atom is -0.493 e. The molecular weight excluding hydrogens is 384 g/mol. The van der Waals surface area contributed by atoms with Gasteiger partial charge in [-0.25, -0.2) is 9.69 Å². The van der Waals surface area contributed by atoms with E-state index in [1.165, 1.54) is 13.2 Å². The zero-order valence-corrected chi connectivity index (χ0v) is 17.6. The van der Waals surface area contributed by atoms with Crippen molar-refractivity contribution in [3.63, 3.8) is 0 Å². The van der Waals surface area contributed by atoms with Gasteiger partial charge < -0.3 is 9.47 Å². The van der Waals surface area contributed by atoms with Crippen LogP contribution in [0.1, 0.15) is 30.5 Å². The highest BCUT2D eigenvalue weighted by Crippen LogP contribution is 2.30. The Morgan fingerprint density at radius 3 is 2.23 bits per heavy atom. The summed E-state index contributed by atoms with van der Waals surface area (Å²) >= 11 is 0. The molecule has 2 aromatic rings. The lowest BCUT2D eigenvalue weighted by atomic mass is 10.0. The number of aryl methyl sites for hydroxylation is 2. The normalized spacial score (nSPS) is 15.6. The predicted octanol–water partition coefficient (Wildman–Crippen LogP) is 3.77. The van der Waals surface area contributed by atoms with Gasteiger partial charge in [0.15, 0.2) is 11.5 Å². The van der Waals surface area contributed by atoms with Crippen LogP contribution in [-0.2, 0) is 9.59 Å². The molecule has 0 aliphatic carbocycles. The molecule has 1 fully saturated rings. The van der Waals surface area contributed by atoms with Crippen molar-refractivity contribution in [1.29, 1.82) is 0 Å². The summed E-state index contributed by atoms with van der Waals surface area (Å²) in [6, 6.07) is 9.70. The maximum absolute atomic E-state index is 13.1. The van der Waals surface area contributed by atoms with E-state index in [9.17, 15) is 14.4 Å². The van der Waals surface area contributed by atoms with Crippen LogP contribution in [0.15, 0.2) is 42.0 Å². The largest absolute Gasteiger partial charge is 0.493 e. The minimum absolute atomic E-state index is 0.0360. The van der Waals surface area contributed by atoms with Crippen molar-refractivity contribution in [2.75, 3.05) is 12.0 Å². The molecule has 0 saturated carbocycles. The van der Waals surface area contributed by atoms with E-state index in [2.05, 4.69) is 5.32 Å². The third-order valence-corrected chi connectivity index (χ3v) is 4.43. The van der Waals surface area contributed by atoms with E-state index in [-0.39, 0.29) is 11.7 Å². The second-order valence-electron chi connectivity index (χ2n) is 7.38. The molecule has 1 heterocycles. The standard InChI is InChI=1S/C23H24N2O5/c1-13(2)30-19-7-6-16(12-20(19)29-5)11-18-21(26)24-23(28)25(22(18)27)17-9-14(3)8-15(4)10-17/h6-13H,1-5H3,(H,24,26,28)/b18-11+. The number of carbonyl (C=O) groups excluding carboxylic acids is 3. The number of hydrogen-bond acceptors (Lipinski definition) is 5. The number of urea groups is 1. The summed E-state index contributed by atoms with van der Waals surface area (Å²) in [5, 5.41) is 2.24. The van der Waals surface area contributed by atoms with Crippen molar-refractivity contribution in [1.82, 2.24) is 5.32 Å². The number of nitrogens with zero attached hydrogens (tertiary/aromatic N) is 1. The molecule has 7 nitrogen and oxygen atoms in total. The molecule has 4 amide bonds. The van der Waals surface area contributed by atoms with Gasteiger partial charge in [0.25, 0.3) is 11.8 Å². The van der Waals surface area contributed by atoms with Crippen LogP contribution in [-0.4, -0.2) is 31.1 Å². The molecule has 1 aliphatic rings. The molecule has 0 aromatic heterocycles. The number of ether oxygens (including phenoxy) is 2. The van der Waals surface area contributed by atoms with Crippen molar-refractivity contribution >= 4 is 29.6 Å². The van der Waals surface area contributed by atoms with Crippen LogP contribution < -0.4 is 19.7 Å². The maximum Gasteiger partial charge on any atom is 0.335 e. The summed E-state index contributed by atoms with van der Waals surface area (Å²) in [5.74, 6) is -0.396. The zero-order chi connectivity index (χ0) is 22.0. The topological polar surface area (TPSA) is 84.9 Å². The number of barbiturate groups is 1. The first-order chi connectivity index (χ1) is 14.2. The van der Waals surface area contributed by atoms with Crippen LogP contribution in [0.3, 0.4) is 0 Å². The zero-order valence-electron chi connectivity index (χ0n) is 17.6. The molecule has 3 rings (SSSR count). The highest BCUT2D eigenvalue weighted by Gasteiger charge is 2.37. The van der Waals surface area contributed by atoms with Crippen LogP contribution >= 0.6 is 0 Å². The summed E-state index contributed by atoms with van der Waals surface area (Å²) in [4.78, 5) is 38.8. The molecular formula is C23H24N2O5. The van der Waals surface area contributed by atoms with Crippen molar-refractivity contribution in [2.45, 2.75) is 33.8 Å². The summed E-state index contributed by atoms with van der Waals surface area (Å²) in [6.45, 7) is 7.55. The van der Waals surface area contributed by atoms with Gasteiger partial charge in [0.05, 0.1) is 18.9 Å². The van der Waals surface area contributed by atoms with E-state index >= 15 is 0 Å². The first-order valence-corrected chi connectivity index (χ1v) is 9.54. The number of anilines is 1. The fraction of sp³-hybridized carbons (Fsp3) is 0.261. The highest BCUT2D eigenvalue weighted by atomic mass is 16.5. The lowest BCUT2D eigenvalue weighted by Gasteiger charge is -2.27. The monoisotopic (exact) mass is 408 g/mol. The van der Waals surface area contributed by atoms with E-state index in [1.807, 2.05) is 33.8 Å². The third-order valence-electron chi connectivity index (χ3n) is 4.43. The predicted molar refractivity (Wildman–Crippen MR) is 114 cm³/mol. The molecule has 30 heavy (non-hydrogen) atoms. The average Bonchev–Trinajstić information content (AvgIpc) is 2.64. The molecule has 0 radical (unpaired) electrons. The van der Waals surface area contributed by atoms with E-state index in [0.29, 0.717) is 22.7 Å². The van der Waals surface area contributed by atoms with Gasteiger partial charge in [-0.3, -0.25) is 14.9 Å². The fourth-order valence-electron chi connectivity index (χ4n) is 3.26. The average molecular weight is 408 g/mol. The molecule has 1 saturated heterocycles. The Labute approximate surface area is 175 Å². The fourth-order valence-corrected chi connectivity index (χ4v) is 3.26. The Kier molecular flexibility index (Phi) is 5.91. The molecule has 0 spiro atoms. The smallest absolute Gasteiger partial charge is 0.335 e. The third kappa shape index (κ3) is 4.35. The van der Waals surface area contributed by atoms with Gasteiger partial charge in [-0.05, 0) is 74.7 Å². The molecule has 1 aliphatic heterocycles. The number of rotatable bonds is 5. The number of hydrogen-bond donors (Lipinski definition) is 1. The van der Waals surface area contributed by atoms with Gasteiger partial charge in [-0.1, -0.05) is 12.1 Å². The van der Waals surface area contributed by atoms with Gasteiger partial charge in [-0.2, -0.15) is 0 Å². The number of nitrogens with one attached hydrogen (secondary N) is 1. The SMILES string of the molecule is COc1cc(/C=C2\C(=O)NC(=O)N(c3cc(C)cc(C)c3)C2=O)ccc1OC(C)C. The molecule has 0 bridgehead atoms. The van der Waals surface area contributed by atoms with Gasteiger partial charge in [0, 0.05) is 0 Å². The van der Waals surface area contributed by atoms with Crippen molar-refractivity contribution in [3.05, 3.63) is 58.7 Å². The molecule has 0 atom stereocenters.